The fourth-order valence-electron chi connectivity index (χ4n) is 2.68. The van der Waals surface area contributed by atoms with Crippen LogP contribution in [0, 0.1) is 5.82 Å². The Morgan fingerprint density at radius 2 is 2.17 bits per heavy atom. The highest BCUT2D eigenvalue weighted by Crippen LogP contribution is 2.30. The minimum Gasteiger partial charge on any atom is -0.487 e. The molecule has 24 heavy (non-hydrogen) atoms. The first kappa shape index (κ1) is 16.5. The van der Waals surface area contributed by atoms with Gasteiger partial charge in [0.2, 0.25) is 0 Å². The van der Waals surface area contributed by atoms with Crippen LogP contribution in [0.15, 0.2) is 42.5 Å². The molecule has 4 nitrogen and oxygen atoms in total. The number of carbonyl (C=O) groups is 1. The van der Waals surface area contributed by atoms with Gasteiger partial charge >= 0.3 is 0 Å². The number of fused-ring (bicyclic) bond motifs is 1. The predicted molar refractivity (Wildman–Crippen MR) is 92.1 cm³/mol. The summed E-state index contributed by atoms with van der Waals surface area (Å²) in [7, 11) is 0. The molecule has 0 radical (unpaired) electrons. The van der Waals surface area contributed by atoms with Crippen molar-refractivity contribution < 1.29 is 13.9 Å². The molecular formula is C19H21FN2O2. The Kier molecular flexibility index (Phi) is 4.81. The van der Waals surface area contributed by atoms with E-state index in [0.717, 1.165) is 11.4 Å². The van der Waals surface area contributed by atoms with Crippen molar-refractivity contribution in [1.82, 2.24) is 5.32 Å². The van der Waals surface area contributed by atoms with Crippen molar-refractivity contribution in [1.29, 1.82) is 0 Å². The monoisotopic (exact) mass is 328 g/mol. The minimum absolute atomic E-state index is 0.0328. The van der Waals surface area contributed by atoms with Crippen molar-refractivity contribution in [3.63, 3.8) is 0 Å². The van der Waals surface area contributed by atoms with Crippen molar-refractivity contribution in [2.24, 2.45) is 0 Å². The Balaban J connectivity index is 1.66. The van der Waals surface area contributed by atoms with Gasteiger partial charge in [0.25, 0.3) is 0 Å². The average molecular weight is 328 g/mol. The van der Waals surface area contributed by atoms with Gasteiger partial charge in [0, 0.05) is 17.7 Å². The molecule has 2 atom stereocenters. The van der Waals surface area contributed by atoms with E-state index in [1.807, 2.05) is 19.1 Å². The van der Waals surface area contributed by atoms with E-state index in [9.17, 15) is 9.18 Å². The van der Waals surface area contributed by atoms with Crippen LogP contribution in [0.4, 0.5) is 10.1 Å². The van der Waals surface area contributed by atoms with Crippen LogP contribution in [0.5, 0.6) is 5.75 Å². The predicted octanol–water partition coefficient (Wildman–Crippen LogP) is 3.38. The van der Waals surface area contributed by atoms with E-state index < -0.39 is 6.04 Å². The van der Waals surface area contributed by atoms with Crippen LogP contribution < -0.4 is 15.4 Å². The van der Waals surface area contributed by atoms with Crippen LogP contribution in [0.2, 0.25) is 0 Å². The standard InChI is InChI=1S/C19H21FN2O2/c1-12-10-22-17-9-14(7-8-18(17)24-12)19(23)13(2)21-11-15-5-3-4-6-16(15)20/h3-9,12-13,21-22H,10-11H2,1-2H3. The number of rotatable bonds is 5. The zero-order valence-electron chi connectivity index (χ0n) is 13.8. The van der Waals surface area contributed by atoms with Gasteiger partial charge in [-0.1, -0.05) is 18.2 Å². The molecule has 2 aromatic carbocycles. The topological polar surface area (TPSA) is 50.4 Å². The summed E-state index contributed by atoms with van der Waals surface area (Å²) in [4.78, 5) is 12.6. The van der Waals surface area contributed by atoms with E-state index >= 15 is 0 Å². The molecule has 0 saturated heterocycles. The smallest absolute Gasteiger partial charge is 0.179 e. The van der Waals surface area contributed by atoms with Gasteiger partial charge in [-0.25, -0.2) is 4.39 Å². The van der Waals surface area contributed by atoms with E-state index in [4.69, 9.17) is 4.74 Å². The third-order valence-electron chi connectivity index (χ3n) is 4.12. The summed E-state index contributed by atoms with van der Waals surface area (Å²) in [6.07, 6.45) is 0.111. The number of halogens is 1. The first-order valence-electron chi connectivity index (χ1n) is 8.10. The van der Waals surface area contributed by atoms with E-state index in [0.29, 0.717) is 24.2 Å². The van der Waals surface area contributed by atoms with Crippen molar-refractivity contribution in [3.8, 4) is 5.75 Å². The summed E-state index contributed by atoms with van der Waals surface area (Å²) >= 11 is 0. The molecule has 1 aliphatic heterocycles. The van der Waals surface area contributed by atoms with Crippen molar-refractivity contribution >= 4 is 11.5 Å². The largest absolute Gasteiger partial charge is 0.487 e. The maximum atomic E-state index is 13.6. The first-order chi connectivity index (χ1) is 11.5. The highest BCUT2D eigenvalue weighted by atomic mass is 19.1. The van der Waals surface area contributed by atoms with E-state index in [1.54, 1.807) is 31.2 Å². The molecule has 3 rings (SSSR count). The third kappa shape index (κ3) is 3.57. The Morgan fingerprint density at radius 3 is 2.96 bits per heavy atom. The number of ether oxygens (including phenoxy) is 1. The number of hydrogen-bond donors (Lipinski definition) is 2. The van der Waals surface area contributed by atoms with E-state index in [-0.39, 0.29) is 17.7 Å². The Bertz CT molecular complexity index is 748. The lowest BCUT2D eigenvalue weighted by Gasteiger charge is -2.25. The molecule has 1 heterocycles. The molecule has 5 heteroatoms. The highest BCUT2D eigenvalue weighted by Gasteiger charge is 2.20. The summed E-state index contributed by atoms with van der Waals surface area (Å²) < 4.78 is 19.4. The molecule has 2 aromatic rings. The lowest BCUT2D eigenvalue weighted by Crippen LogP contribution is -2.34. The number of hydrogen-bond acceptors (Lipinski definition) is 4. The lowest BCUT2D eigenvalue weighted by molar-refractivity contribution is 0.0950. The zero-order valence-corrected chi connectivity index (χ0v) is 13.8. The molecule has 0 amide bonds. The molecule has 0 saturated carbocycles. The van der Waals surface area contributed by atoms with Gasteiger partial charge in [-0.15, -0.1) is 0 Å². The number of ketones is 1. The molecule has 0 bridgehead atoms. The molecule has 2 N–H and O–H groups in total. The van der Waals surface area contributed by atoms with Gasteiger partial charge in [-0.2, -0.15) is 0 Å². The average Bonchev–Trinajstić information content (AvgIpc) is 2.59. The number of anilines is 1. The van der Waals surface area contributed by atoms with Gasteiger partial charge < -0.3 is 15.4 Å². The van der Waals surface area contributed by atoms with Crippen LogP contribution in [0.3, 0.4) is 0 Å². The molecule has 0 spiro atoms. The fraction of sp³-hybridized carbons (Fsp3) is 0.316. The second-order valence-electron chi connectivity index (χ2n) is 6.08. The number of benzene rings is 2. The zero-order chi connectivity index (χ0) is 17.1. The molecule has 126 valence electrons. The van der Waals surface area contributed by atoms with Crippen LogP contribution in [0.1, 0.15) is 29.8 Å². The summed E-state index contributed by atoms with van der Waals surface area (Å²) in [5.41, 5.74) is 1.99. The maximum Gasteiger partial charge on any atom is 0.179 e. The van der Waals surface area contributed by atoms with Gasteiger partial charge in [0.05, 0.1) is 18.3 Å². The van der Waals surface area contributed by atoms with E-state index in [2.05, 4.69) is 10.6 Å². The highest BCUT2D eigenvalue weighted by molar-refractivity contribution is 6.01. The van der Waals surface area contributed by atoms with Gasteiger partial charge in [0.15, 0.2) is 5.78 Å². The van der Waals surface area contributed by atoms with Crippen molar-refractivity contribution in [3.05, 3.63) is 59.4 Å². The second-order valence-corrected chi connectivity index (χ2v) is 6.08. The van der Waals surface area contributed by atoms with Gasteiger partial charge in [0.1, 0.15) is 17.7 Å². The van der Waals surface area contributed by atoms with Crippen LogP contribution >= 0.6 is 0 Å². The van der Waals surface area contributed by atoms with Gasteiger partial charge in [-0.05, 0) is 38.1 Å². The summed E-state index contributed by atoms with van der Waals surface area (Å²) in [6, 6.07) is 11.5. The summed E-state index contributed by atoms with van der Waals surface area (Å²) in [5.74, 6) is 0.459. The molecular weight excluding hydrogens is 307 g/mol. The quantitative estimate of drug-likeness (QED) is 0.826. The lowest BCUT2D eigenvalue weighted by atomic mass is 10.0. The molecule has 2 unspecified atom stereocenters. The Hall–Kier alpha value is -2.40. The summed E-state index contributed by atoms with van der Waals surface area (Å²) in [6.45, 7) is 4.80. The molecule has 0 aliphatic carbocycles. The number of nitrogens with one attached hydrogen (secondary N) is 2. The normalized spacial score (nSPS) is 17.4. The number of Topliss-reactive ketones (excluding diaryl/α,β-unsaturated/α-hetero) is 1. The second kappa shape index (κ2) is 7.01. The van der Waals surface area contributed by atoms with Gasteiger partial charge in [-0.3, -0.25) is 4.79 Å². The number of carbonyl (C=O) groups excluding carboxylic acids is 1. The maximum absolute atomic E-state index is 13.6. The Labute approximate surface area is 141 Å². The molecule has 0 aromatic heterocycles. The van der Waals surface area contributed by atoms with Crippen molar-refractivity contribution in [2.75, 3.05) is 11.9 Å². The summed E-state index contributed by atoms with van der Waals surface area (Å²) in [5, 5.41) is 6.35. The van der Waals surface area contributed by atoms with Crippen LogP contribution in [-0.2, 0) is 6.54 Å². The molecule has 0 fully saturated rings. The van der Waals surface area contributed by atoms with Crippen molar-refractivity contribution in [2.45, 2.75) is 32.5 Å². The van der Waals surface area contributed by atoms with Crippen LogP contribution in [-0.4, -0.2) is 24.5 Å². The fourth-order valence-corrected chi connectivity index (χ4v) is 2.68. The first-order valence-corrected chi connectivity index (χ1v) is 8.10. The Morgan fingerprint density at radius 1 is 1.38 bits per heavy atom. The van der Waals surface area contributed by atoms with E-state index in [1.165, 1.54) is 6.07 Å². The minimum atomic E-state index is -0.411. The third-order valence-corrected chi connectivity index (χ3v) is 4.12. The van der Waals surface area contributed by atoms with Crippen LogP contribution in [0.25, 0.3) is 0 Å². The molecule has 1 aliphatic rings. The SMILES string of the molecule is CC1CNc2cc(C(=O)C(C)NCc3ccccc3F)ccc2O1.